The Morgan fingerprint density at radius 3 is 1.17 bits per heavy atom. The fourth-order valence-electron chi connectivity index (χ4n) is 4.03. The standard InChI is InChI=1S/2C6H7N.C5H7N.C5H6O.2C4H6N2.C4H5NO.4C4H5NS.C3H5N3.5C2H6/c1-6-3-2-4-7-5-6;1-6-4-2-3-5-7-6;1-6-4-2-3-5-6;1-5-3-2-4-6-5;2*1-6-4-2-3-5-6;1-4-2-3-5-6-4;2*1-4-2-6-3-5-4;1-4-2-5-3-6-4;1-4-5-2-3-6-4;1-6-3-4-2-5-6;5*1-2/h2*2-5H,1H3;2-5H,1H3;3*2-4H,1H3;6*2-3H,1H3;5*1-2H3. The minimum absolute atomic E-state index is 0.856. The first-order chi connectivity index (χ1) is 40.7. The lowest BCUT2D eigenvalue weighted by atomic mass is 10.3. The van der Waals surface area contributed by atoms with Crippen molar-refractivity contribution in [2.75, 3.05) is 0 Å². The summed E-state index contributed by atoms with van der Waals surface area (Å²) < 4.78 is 16.6. The molecule has 0 aliphatic heterocycles. The normalized spacial score (nSPS) is 8.12. The van der Waals surface area contributed by atoms with Gasteiger partial charge in [0, 0.05) is 141 Å². The highest BCUT2D eigenvalue weighted by atomic mass is 32.1. The van der Waals surface area contributed by atoms with Crippen LogP contribution in [0.1, 0.15) is 113 Å². The van der Waals surface area contributed by atoms with Gasteiger partial charge in [-0.05, 0) is 116 Å². The quantitative estimate of drug-likeness (QED) is 0.140. The average molecular weight is 1230 g/mol. The summed E-state index contributed by atoms with van der Waals surface area (Å²) in [6, 6.07) is 23.2. The van der Waals surface area contributed by atoms with Crippen LogP contribution in [0.4, 0.5) is 0 Å². The summed E-state index contributed by atoms with van der Waals surface area (Å²) in [4.78, 5) is 28.5. The van der Waals surface area contributed by atoms with Crippen molar-refractivity contribution in [1.82, 2.24) is 74.0 Å². The van der Waals surface area contributed by atoms with Crippen LogP contribution < -0.4 is 0 Å². The van der Waals surface area contributed by atoms with E-state index in [0.717, 1.165) is 33.6 Å². The molecule has 0 unspecified atom stereocenters. The van der Waals surface area contributed by atoms with E-state index in [1.807, 2.05) is 294 Å². The zero-order valence-electron chi connectivity index (χ0n) is 54.2. The van der Waals surface area contributed by atoms with Gasteiger partial charge >= 0.3 is 0 Å². The Labute approximate surface area is 520 Å². The number of furan rings is 1. The highest BCUT2D eigenvalue weighted by molar-refractivity contribution is 7.09. The SMILES string of the molecule is CC.CC.CC.CC.CC.Cc1ccccn1.Cc1cccnc1.Cc1ccco1.Cc1ccno1.Cc1cncs1.Cc1cscn1.Cc1cscn1.Cc1nccs1.Cn1cccc1.Cn1cccn1.Cn1cccn1.Cn1cncn1. The number of aryl methyl sites for hydroxylation is 12. The Bertz CT molecular complexity index is 2240. The molecule has 12 heterocycles. The summed E-state index contributed by atoms with van der Waals surface area (Å²) in [5.41, 5.74) is 9.99. The summed E-state index contributed by atoms with van der Waals surface area (Å²) in [6.45, 7) is 35.8. The van der Waals surface area contributed by atoms with Crippen LogP contribution in [0.15, 0.2) is 208 Å². The monoisotopic (exact) mass is 1230 g/mol. The molecule has 0 N–H and O–H groups in total. The Kier molecular flexibility index (Phi) is 68.4. The van der Waals surface area contributed by atoms with Crippen LogP contribution in [0.2, 0.25) is 0 Å². The predicted molar refractivity (Wildman–Crippen MR) is 360 cm³/mol. The van der Waals surface area contributed by atoms with E-state index in [2.05, 4.69) is 59.9 Å². The maximum absolute atomic E-state index is 4.83. The van der Waals surface area contributed by atoms with Crippen molar-refractivity contribution in [2.45, 2.75) is 125 Å². The van der Waals surface area contributed by atoms with E-state index in [0.29, 0.717) is 0 Å². The van der Waals surface area contributed by atoms with Crippen LogP contribution in [-0.2, 0) is 28.2 Å². The van der Waals surface area contributed by atoms with Gasteiger partial charge in [-0.3, -0.25) is 43.9 Å². The van der Waals surface area contributed by atoms with Crippen LogP contribution in [0.3, 0.4) is 0 Å². The molecule has 0 atom stereocenters. The van der Waals surface area contributed by atoms with Crippen molar-refractivity contribution in [1.29, 1.82) is 0 Å². The lowest BCUT2D eigenvalue weighted by molar-refractivity contribution is 0.397. The first-order valence-electron chi connectivity index (χ1n) is 27.5. The topological polar surface area (TPSA) is 188 Å². The average Bonchev–Trinajstić information content (AvgIpc) is 4.34. The lowest BCUT2D eigenvalue weighted by Crippen LogP contribution is -1.83. The van der Waals surface area contributed by atoms with Gasteiger partial charge in [0.25, 0.3) is 0 Å². The van der Waals surface area contributed by atoms with E-state index in [-0.39, 0.29) is 0 Å². The van der Waals surface area contributed by atoms with Gasteiger partial charge in [0.1, 0.15) is 24.2 Å². The van der Waals surface area contributed by atoms with Crippen LogP contribution in [0, 0.1) is 55.4 Å². The zero-order valence-corrected chi connectivity index (χ0v) is 57.5. The molecule has 21 heteroatoms. The number of aromatic nitrogens is 15. The fourth-order valence-corrected chi connectivity index (χ4v) is 5.98. The highest BCUT2D eigenvalue weighted by Gasteiger charge is 1.81. The van der Waals surface area contributed by atoms with Gasteiger partial charge in [0.15, 0.2) is 0 Å². The molecule has 84 heavy (non-hydrogen) atoms. The van der Waals surface area contributed by atoms with Gasteiger partial charge < -0.3 is 13.5 Å². The molecule has 0 amide bonds. The molecule has 0 radical (unpaired) electrons. The summed E-state index contributed by atoms with van der Waals surface area (Å²) in [5.74, 6) is 1.82. The van der Waals surface area contributed by atoms with Crippen molar-refractivity contribution >= 4 is 45.3 Å². The van der Waals surface area contributed by atoms with Gasteiger partial charge in [0.05, 0.1) is 34.0 Å². The van der Waals surface area contributed by atoms with E-state index in [4.69, 9.17) is 4.42 Å². The van der Waals surface area contributed by atoms with Gasteiger partial charge in [-0.1, -0.05) is 86.5 Å². The molecule has 12 rings (SSSR count). The number of hydrogen-bond acceptors (Lipinski definition) is 17. The number of nitrogens with zero attached hydrogens (tertiary/aromatic N) is 15. The van der Waals surface area contributed by atoms with Crippen molar-refractivity contribution < 1.29 is 8.94 Å². The van der Waals surface area contributed by atoms with E-state index < -0.39 is 0 Å². The van der Waals surface area contributed by atoms with Crippen LogP contribution >= 0.6 is 45.3 Å². The maximum atomic E-state index is 4.83. The number of pyridine rings is 2. The van der Waals surface area contributed by atoms with Gasteiger partial charge in [0.2, 0.25) is 0 Å². The predicted octanol–water partition coefficient (Wildman–Crippen LogP) is 18.0. The summed E-state index contributed by atoms with van der Waals surface area (Å²) in [7, 11) is 7.60. The summed E-state index contributed by atoms with van der Waals surface area (Å²) in [5, 5.41) is 22.0. The molecule has 0 aliphatic rings. The van der Waals surface area contributed by atoms with Gasteiger partial charge in [-0.25, -0.2) is 4.98 Å². The van der Waals surface area contributed by atoms with Crippen LogP contribution in [0.5, 0.6) is 0 Å². The van der Waals surface area contributed by atoms with E-state index in [1.54, 1.807) is 115 Å². The third kappa shape index (κ3) is 65.0. The van der Waals surface area contributed by atoms with Crippen molar-refractivity contribution in [3.8, 4) is 0 Å². The largest absolute Gasteiger partial charge is 0.470 e. The van der Waals surface area contributed by atoms with Crippen LogP contribution in [-0.4, -0.2) is 74.0 Å². The Hall–Kier alpha value is -7.85. The van der Waals surface area contributed by atoms with E-state index in [9.17, 15) is 0 Å². The first-order valence-corrected chi connectivity index (χ1v) is 31.1. The van der Waals surface area contributed by atoms with Crippen molar-refractivity contribution in [2.24, 2.45) is 28.2 Å². The van der Waals surface area contributed by atoms with E-state index >= 15 is 0 Å². The third-order valence-corrected chi connectivity index (χ3v) is 10.5. The van der Waals surface area contributed by atoms with Gasteiger partial charge in [-0.15, -0.1) is 45.3 Å². The Morgan fingerprint density at radius 2 is 1.02 bits per heavy atom. The molecule has 462 valence electrons. The van der Waals surface area contributed by atoms with Crippen molar-refractivity contribution in [3.05, 3.63) is 243 Å². The fraction of sp³-hybridized carbons (Fsp3) is 0.349. The summed E-state index contributed by atoms with van der Waals surface area (Å²) in [6.07, 6.45) is 26.7. The molecule has 0 spiro atoms. The molecule has 0 aliphatic carbocycles. The first kappa shape index (κ1) is 85.0. The minimum Gasteiger partial charge on any atom is -0.470 e. The Balaban J connectivity index is -0.000000266. The molecule has 0 fully saturated rings. The molecule has 0 saturated heterocycles. The van der Waals surface area contributed by atoms with Gasteiger partial charge in [-0.2, -0.15) is 15.3 Å². The molecular formula is C63H99N15O2S4. The molecule has 17 nitrogen and oxygen atoms in total. The highest BCUT2D eigenvalue weighted by Crippen LogP contribution is 2.00. The third-order valence-electron chi connectivity index (χ3n) is 7.64. The molecule has 0 aromatic carbocycles. The second-order valence-electron chi connectivity index (χ2n) is 14.5. The second kappa shape index (κ2) is 67.7. The smallest absolute Gasteiger partial charge is 0.137 e. The van der Waals surface area contributed by atoms with E-state index in [1.165, 1.54) is 16.8 Å². The molecule has 12 aromatic heterocycles. The number of hydrogen-bond donors (Lipinski definition) is 0. The summed E-state index contributed by atoms with van der Waals surface area (Å²) >= 11 is 6.59. The molecule has 12 aromatic rings. The minimum atomic E-state index is 0.856. The van der Waals surface area contributed by atoms with Crippen LogP contribution in [0.25, 0.3) is 0 Å². The molecule has 0 bridgehead atoms. The zero-order chi connectivity index (χ0) is 64.3. The molecular weight excluding hydrogens is 1130 g/mol. The maximum Gasteiger partial charge on any atom is 0.137 e. The van der Waals surface area contributed by atoms with Crippen molar-refractivity contribution in [3.63, 3.8) is 0 Å². The number of rotatable bonds is 0. The second-order valence-corrected chi connectivity index (χ2v) is 18.2. The lowest BCUT2D eigenvalue weighted by Gasteiger charge is -1.82. The molecule has 0 saturated carbocycles. The Morgan fingerprint density at radius 1 is 0.429 bits per heavy atom. The number of thiazole rings is 4.